The molecular formula is C28H33ClF4N4O3. The Hall–Kier alpha value is -2.92. The third-order valence-electron chi connectivity index (χ3n) is 7.96. The summed E-state index contributed by atoms with van der Waals surface area (Å²) in [5.41, 5.74) is -4.68. The average Bonchev–Trinajstić information content (AvgIpc) is 2.92. The van der Waals surface area contributed by atoms with Crippen LogP contribution in [0.1, 0.15) is 48.0 Å². The van der Waals surface area contributed by atoms with Gasteiger partial charge in [-0.25, -0.2) is 9.37 Å². The van der Waals surface area contributed by atoms with Crippen LogP contribution < -0.4 is 4.90 Å². The molecule has 12 heteroatoms. The molecule has 2 amide bonds. The van der Waals surface area contributed by atoms with Gasteiger partial charge in [-0.1, -0.05) is 29.8 Å². The highest BCUT2D eigenvalue weighted by atomic mass is 35.5. The number of pyridine rings is 1. The molecule has 2 saturated heterocycles. The molecule has 0 radical (unpaired) electrons. The number of benzene rings is 1. The number of aromatic nitrogens is 1. The van der Waals surface area contributed by atoms with E-state index in [1.54, 1.807) is 26.2 Å². The molecule has 0 saturated carbocycles. The van der Waals surface area contributed by atoms with E-state index in [9.17, 15) is 32.3 Å². The lowest BCUT2D eigenvalue weighted by Crippen LogP contribution is -2.57. The highest BCUT2D eigenvalue weighted by Crippen LogP contribution is 2.42. The van der Waals surface area contributed by atoms with E-state index in [0.717, 1.165) is 55.5 Å². The molecule has 1 aromatic carbocycles. The van der Waals surface area contributed by atoms with Crippen LogP contribution in [-0.4, -0.2) is 78.2 Å². The van der Waals surface area contributed by atoms with Crippen molar-refractivity contribution >= 4 is 29.2 Å². The molecule has 3 heterocycles. The SMILES string of the molecule is CN(C)C(=O)c1ccc(N2CCC(CC3CCN(C(=O)[C@](O)(c4ccccc4F)C(F)(F)F)CC3)CC2)nc1Cl. The second kappa shape index (κ2) is 11.9. The molecule has 2 aliphatic heterocycles. The average molecular weight is 585 g/mol. The van der Waals surface area contributed by atoms with Gasteiger partial charge in [0.2, 0.25) is 0 Å². The van der Waals surface area contributed by atoms with Crippen LogP contribution in [0.3, 0.4) is 0 Å². The van der Waals surface area contributed by atoms with Gasteiger partial charge in [-0.15, -0.1) is 0 Å². The fraction of sp³-hybridized carbons (Fsp3) is 0.536. The van der Waals surface area contributed by atoms with Crippen molar-refractivity contribution in [3.05, 3.63) is 58.5 Å². The Morgan fingerprint density at radius 1 is 1.00 bits per heavy atom. The zero-order valence-electron chi connectivity index (χ0n) is 22.4. The lowest BCUT2D eigenvalue weighted by molar-refractivity contribution is -0.263. The number of carbonyl (C=O) groups excluding carboxylic acids is 2. The van der Waals surface area contributed by atoms with Gasteiger partial charge in [0.15, 0.2) is 0 Å². The van der Waals surface area contributed by atoms with Crippen molar-refractivity contribution in [2.75, 3.05) is 45.2 Å². The van der Waals surface area contributed by atoms with Gasteiger partial charge in [0, 0.05) is 45.8 Å². The van der Waals surface area contributed by atoms with Crippen LogP contribution in [0.15, 0.2) is 36.4 Å². The molecule has 1 aromatic heterocycles. The number of amides is 2. The number of nitrogens with zero attached hydrogens (tertiary/aromatic N) is 4. The van der Waals surface area contributed by atoms with Gasteiger partial charge in [-0.2, -0.15) is 13.2 Å². The Morgan fingerprint density at radius 2 is 1.57 bits per heavy atom. The fourth-order valence-electron chi connectivity index (χ4n) is 5.61. The molecule has 1 atom stereocenters. The zero-order valence-corrected chi connectivity index (χ0v) is 23.2. The van der Waals surface area contributed by atoms with E-state index >= 15 is 0 Å². The van der Waals surface area contributed by atoms with Crippen LogP contribution in [0.25, 0.3) is 0 Å². The van der Waals surface area contributed by atoms with Crippen molar-refractivity contribution in [3.8, 4) is 0 Å². The number of rotatable bonds is 6. The molecule has 0 unspecified atom stereocenters. The maximum atomic E-state index is 14.2. The van der Waals surface area contributed by atoms with Gasteiger partial charge in [0.1, 0.15) is 16.8 Å². The number of carbonyl (C=O) groups is 2. The Labute approximate surface area is 235 Å². The number of aliphatic hydroxyl groups is 1. The van der Waals surface area contributed by atoms with Crippen molar-refractivity contribution in [3.63, 3.8) is 0 Å². The van der Waals surface area contributed by atoms with Crippen molar-refractivity contribution in [2.45, 2.75) is 43.9 Å². The zero-order chi connectivity index (χ0) is 29.2. The highest BCUT2D eigenvalue weighted by molar-refractivity contribution is 6.32. The molecule has 2 fully saturated rings. The quantitative estimate of drug-likeness (QED) is 0.387. The molecule has 7 nitrogen and oxygen atoms in total. The predicted molar refractivity (Wildman–Crippen MR) is 142 cm³/mol. The second-order valence-electron chi connectivity index (χ2n) is 10.8. The summed E-state index contributed by atoms with van der Waals surface area (Å²) < 4.78 is 56.0. The first kappa shape index (κ1) is 30.0. The summed E-state index contributed by atoms with van der Waals surface area (Å²) in [4.78, 5) is 34.1. The highest BCUT2D eigenvalue weighted by Gasteiger charge is 2.63. The van der Waals surface area contributed by atoms with E-state index in [0.29, 0.717) is 30.1 Å². The van der Waals surface area contributed by atoms with Gasteiger partial charge in [-0.05, 0) is 62.1 Å². The number of hydrogen-bond acceptors (Lipinski definition) is 5. The summed E-state index contributed by atoms with van der Waals surface area (Å²) in [6, 6.07) is 7.42. The molecule has 2 aromatic rings. The molecule has 218 valence electrons. The molecule has 1 N–H and O–H groups in total. The van der Waals surface area contributed by atoms with Crippen LogP contribution in [0.2, 0.25) is 5.15 Å². The minimum atomic E-state index is -5.38. The Balaban J connectivity index is 1.31. The maximum absolute atomic E-state index is 14.2. The Morgan fingerprint density at radius 3 is 2.10 bits per heavy atom. The fourth-order valence-corrected chi connectivity index (χ4v) is 5.85. The topological polar surface area (TPSA) is 77.0 Å². The van der Waals surface area contributed by atoms with Crippen molar-refractivity contribution < 1.29 is 32.3 Å². The first-order valence-electron chi connectivity index (χ1n) is 13.3. The second-order valence-corrected chi connectivity index (χ2v) is 11.2. The molecule has 0 aliphatic carbocycles. The lowest BCUT2D eigenvalue weighted by atomic mass is 9.82. The number of likely N-dealkylation sites (tertiary alicyclic amines) is 1. The van der Waals surface area contributed by atoms with Crippen LogP contribution in [0.5, 0.6) is 0 Å². The third-order valence-corrected chi connectivity index (χ3v) is 8.25. The molecule has 0 bridgehead atoms. The Bertz CT molecular complexity index is 1230. The van der Waals surface area contributed by atoms with E-state index in [1.807, 2.05) is 0 Å². The smallest absolute Gasteiger partial charge is 0.368 e. The van der Waals surface area contributed by atoms with Gasteiger partial charge in [0.25, 0.3) is 17.4 Å². The van der Waals surface area contributed by atoms with Crippen LogP contribution >= 0.6 is 11.6 Å². The summed E-state index contributed by atoms with van der Waals surface area (Å²) in [5.74, 6) is -1.69. The van der Waals surface area contributed by atoms with E-state index < -0.39 is 29.1 Å². The third kappa shape index (κ3) is 6.05. The minimum Gasteiger partial charge on any atom is -0.368 e. The van der Waals surface area contributed by atoms with Crippen LogP contribution in [0, 0.1) is 17.7 Å². The predicted octanol–water partition coefficient (Wildman–Crippen LogP) is 4.87. The summed E-state index contributed by atoms with van der Waals surface area (Å²) in [5, 5.41) is 10.7. The summed E-state index contributed by atoms with van der Waals surface area (Å²) >= 11 is 6.26. The summed E-state index contributed by atoms with van der Waals surface area (Å²) in [6.45, 7) is 1.65. The van der Waals surface area contributed by atoms with Crippen molar-refractivity contribution in [1.82, 2.24) is 14.8 Å². The number of alkyl halides is 3. The largest absolute Gasteiger partial charge is 0.430 e. The van der Waals surface area contributed by atoms with Crippen molar-refractivity contribution in [1.29, 1.82) is 0 Å². The molecule has 4 rings (SSSR count). The molecule has 0 spiro atoms. The van der Waals surface area contributed by atoms with Gasteiger partial charge in [-0.3, -0.25) is 9.59 Å². The van der Waals surface area contributed by atoms with Gasteiger partial charge >= 0.3 is 6.18 Å². The molecular weight excluding hydrogens is 552 g/mol. The van der Waals surface area contributed by atoms with E-state index in [2.05, 4.69) is 9.88 Å². The van der Waals surface area contributed by atoms with E-state index in [1.165, 1.54) is 11.0 Å². The Kier molecular flexibility index (Phi) is 8.94. The lowest BCUT2D eigenvalue weighted by Gasteiger charge is -2.40. The number of anilines is 1. The first-order valence-corrected chi connectivity index (χ1v) is 13.7. The minimum absolute atomic E-state index is 0.0651. The van der Waals surface area contributed by atoms with Crippen LogP contribution in [-0.2, 0) is 10.4 Å². The molecule has 40 heavy (non-hydrogen) atoms. The molecule has 2 aliphatic rings. The van der Waals surface area contributed by atoms with E-state index in [-0.39, 0.29) is 30.1 Å². The monoisotopic (exact) mass is 584 g/mol. The number of hydrogen-bond donors (Lipinski definition) is 1. The first-order chi connectivity index (χ1) is 18.8. The number of halogens is 5. The summed E-state index contributed by atoms with van der Waals surface area (Å²) in [6.07, 6.45) is -1.67. The normalized spacial score (nSPS) is 18.9. The van der Waals surface area contributed by atoms with Gasteiger partial charge < -0.3 is 19.8 Å². The van der Waals surface area contributed by atoms with Crippen LogP contribution in [0.4, 0.5) is 23.4 Å². The summed E-state index contributed by atoms with van der Waals surface area (Å²) in [7, 11) is 3.29. The van der Waals surface area contributed by atoms with E-state index in [4.69, 9.17) is 11.6 Å². The standard InChI is InChI=1S/C28H33ClF4N4O3/c1-35(2)25(38)20-7-8-23(34-24(20)29)36-13-9-18(10-14-36)17-19-11-15-37(16-12-19)26(39)27(40,28(31,32)33)21-5-3-4-6-22(21)30/h3-8,18-19,40H,9-17H2,1-2H3/t27-/m1/s1. The van der Waals surface area contributed by atoms with Crippen molar-refractivity contribution in [2.24, 2.45) is 11.8 Å². The maximum Gasteiger partial charge on any atom is 0.430 e. The number of piperidine rings is 2. The van der Waals surface area contributed by atoms with Gasteiger partial charge in [0.05, 0.1) is 5.56 Å².